The summed E-state index contributed by atoms with van der Waals surface area (Å²) >= 11 is 0. The summed E-state index contributed by atoms with van der Waals surface area (Å²) in [5, 5.41) is 0. The first-order valence-electron chi connectivity index (χ1n) is 4.96. The van der Waals surface area contributed by atoms with Gasteiger partial charge in [-0.25, -0.2) is 0 Å². The van der Waals surface area contributed by atoms with E-state index in [0.717, 1.165) is 11.8 Å². The molecule has 11 heavy (non-hydrogen) atoms. The Morgan fingerprint density at radius 1 is 1.45 bits per heavy atom. The van der Waals surface area contributed by atoms with Crippen molar-refractivity contribution in [2.45, 2.75) is 44.4 Å². The number of ether oxygens (including phenoxy) is 1. The van der Waals surface area contributed by atoms with E-state index in [4.69, 9.17) is 4.74 Å². The number of rotatable bonds is 2. The van der Waals surface area contributed by atoms with Crippen molar-refractivity contribution in [3.8, 4) is 0 Å². The Kier molecular flexibility index (Phi) is 2.06. The quantitative estimate of drug-likeness (QED) is 0.444. The van der Waals surface area contributed by atoms with Crippen LogP contribution < -0.4 is 0 Å². The topological polar surface area (TPSA) is 12.5 Å². The normalized spacial score (nSPS) is 45.0. The van der Waals surface area contributed by atoms with Crippen LogP contribution in [-0.2, 0) is 4.74 Å². The highest BCUT2D eigenvalue weighted by Crippen LogP contribution is 2.42. The molecule has 2 fully saturated rings. The van der Waals surface area contributed by atoms with Gasteiger partial charge in [-0.05, 0) is 31.1 Å². The Bertz CT molecular complexity index is 148. The first-order chi connectivity index (χ1) is 5.31. The van der Waals surface area contributed by atoms with Crippen LogP contribution in [0.4, 0.5) is 0 Å². The average Bonchev–Trinajstić information content (AvgIpc) is 2.80. The van der Waals surface area contributed by atoms with Crippen molar-refractivity contribution < 1.29 is 4.74 Å². The molecule has 1 aliphatic carbocycles. The summed E-state index contributed by atoms with van der Waals surface area (Å²) in [5.41, 5.74) is 0. The molecule has 1 saturated carbocycles. The molecule has 0 N–H and O–H groups in total. The fourth-order valence-corrected chi connectivity index (χ4v) is 2.95. The Balaban J connectivity index is 1.84. The lowest BCUT2D eigenvalue weighted by Gasteiger charge is -2.24. The van der Waals surface area contributed by atoms with E-state index in [-0.39, 0.29) is 0 Å². The van der Waals surface area contributed by atoms with Gasteiger partial charge in [-0.3, -0.25) is 0 Å². The molecule has 1 aliphatic heterocycles. The lowest BCUT2D eigenvalue weighted by molar-refractivity contribution is 0.297. The third kappa shape index (κ3) is 1.52. The van der Waals surface area contributed by atoms with Gasteiger partial charge < -0.3 is 4.74 Å². The Morgan fingerprint density at radius 3 is 2.91 bits per heavy atom. The summed E-state index contributed by atoms with van der Waals surface area (Å²) < 4.78 is 5.51. The Hall–Kier alpha value is 0.177. The summed E-state index contributed by atoms with van der Waals surface area (Å²) in [6.07, 6.45) is 5.52. The summed E-state index contributed by atoms with van der Waals surface area (Å²) in [7, 11) is 1.37. The highest BCUT2D eigenvalue weighted by molar-refractivity contribution is 6.08. The van der Waals surface area contributed by atoms with Crippen LogP contribution in [0.3, 0.4) is 0 Å². The summed E-state index contributed by atoms with van der Waals surface area (Å²) in [4.78, 5) is 0. The van der Waals surface area contributed by atoms with E-state index in [1.165, 1.54) is 35.5 Å². The molecule has 2 rings (SSSR count). The third-order valence-corrected chi connectivity index (χ3v) is 4.78. The molecule has 0 aromatic rings. The average molecular weight is 170 g/mol. The lowest BCUT2D eigenvalue weighted by Crippen LogP contribution is -2.19. The van der Waals surface area contributed by atoms with Gasteiger partial charge in [0.1, 0.15) is 0 Å². The van der Waals surface area contributed by atoms with E-state index in [0.29, 0.717) is 12.2 Å². The number of hydrogen-bond donors (Lipinski definition) is 0. The number of fused-ring (bicyclic) bond motifs is 1. The van der Waals surface area contributed by atoms with Crippen LogP contribution in [-0.4, -0.2) is 22.5 Å². The minimum atomic E-state index is 0.685. The highest BCUT2D eigenvalue weighted by Gasteiger charge is 2.44. The first-order valence-corrected chi connectivity index (χ1v) is 6.38. The van der Waals surface area contributed by atoms with E-state index in [9.17, 15) is 0 Å². The minimum Gasteiger partial charge on any atom is -0.370 e. The molecule has 4 unspecified atom stereocenters. The fraction of sp³-hybridized carbons (Fsp3) is 1.00. The maximum absolute atomic E-state index is 5.51. The summed E-state index contributed by atoms with van der Waals surface area (Å²) in [6, 6.07) is 1.47. The summed E-state index contributed by atoms with van der Waals surface area (Å²) in [5.74, 6) is 1.98. The van der Waals surface area contributed by atoms with Crippen LogP contribution in [0.15, 0.2) is 0 Å². The molecule has 1 heterocycles. The second-order valence-corrected chi connectivity index (χ2v) is 4.99. The maximum atomic E-state index is 5.51. The lowest BCUT2D eigenvalue weighted by atomic mass is 9.82. The van der Waals surface area contributed by atoms with Crippen molar-refractivity contribution in [2.75, 3.05) is 0 Å². The zero-order chi connectivity index (χ0) is 7.84. The highest BCUT2D eigenvalue weighted by atomic mass is 28.1. The van der Waals surface area contributed by atoms with Gasteiger partial charge in [-0.2, -0.15) is 0 Å². The first kappa shape index (κ1) is 7.81. The molecular weight excluding hydrogens is 152 g/mol. The third-order valence-electron chi connectivity index (χ3n) is 3.49. The van der Waals surface area contributed by atoms with Crippen LogP contribution in [0.25, 0.3) is 0 Å². The van der Waals surface area contributed by atoms with Gasteiger partial charge in [0.25, 0.3) is 0 Å². The van der Waals surface area contributed by atoms with Crippen LogP contribution in [0.5, 0.6) is 0 Å². The summed E-state index contributed by atoms with van der Waals surface area (Å²) in [6.45, 7) is 2.42. The smallest absolute Gasteiger partial charge is 0.0844 e. The maximum Gasteiger partial charge on any atom is 0.0844 e. The predicted octanol–water partition coefficient (Wildman–Crippen LogP) is 0.974. The molecule has 2 aliphatic rings. The van der Waals surface area contributed by atoms with E-state index in [2.05, 4.69) is 6.92 Å². The van der Waals surface area contributed by atoms with E-state index < -0.39 is 0 Å². The van der Waals surface area contributed by atoms with E-state index in [1.54, 1.807) is 0 Å². The largest absolute Gasteiger partial charge is 0.370 e. The van der Waals surface area contributed by atoms with Crippen LogP contribution in [0, 0.1) is 11.8 Å². The fourth-order valence-electron chi connectivity index (χ4n) is 2.29. The van der Waals surface area contributed by atoms with Gasteiger partial charge >= 0.3 is 0 Å². The molecule has 0 aromatic carbocycles. The van der Waals surface area contributed by atoms with Crippen molar-refractivity contribution in [2.24, 2.45) is 11.8 Å². The molecule has 0 amide bonds. The second kappa shape index (κ2) is 2.90. The molecule has 4 atom stereocenters. The van der Waals surface area contributed by atoms with Gasteiger partial charge in [0.15, 0.2) is 0 Å². The molecule has 0 aromatic heterocycles. The van der Waals surface area contributed by atoms with Crippen LogP contribution in [0.1, 0.15) is 26.2 Å². The Morgan fingerprint density at radius 2 is 2.27 bits per heavy atom. The SMILES string of the molecule is CC(C[SiH3])C1CCC2OC2C1. The van der Waals surface area contributed by atoms with Gasteiger partial charge in [-0.15, -0.1) is 0 Å². The Labute approximate surface area is 71.9 Å². The monoisotopic (exact) mass is 170 g/mol. The minimum absolute atomic E-state index is 0.685. The van der Waals surface area contributed by atoms with Gasteiger partial charge in [0.05, 0.1) is 12.2 Å². The van der Waals surface area contributed by atoms with Crippen LogP contribution in [0.2, 0.25) is 6.04 Å². The molecule has 0 radical (unpaired) electrons. The molecule has 1 nitrogen and oxygen atoms in total. The number of epoxide rings is 1. The standard InChI is InChI=1S/C9H18OSi/c1-6(5-11)7-2-3-8-9(4-7)10-8/h6-9H,2-5H2,1,11H3. The van der Waals surface area contributed by atoms with E-state index >= 15 is 0 Å². The molecule has 64 valence electrons. The molecule has 2 heteroatoms. The van der Waals surface area contributed by atoms with Gasteiger partial charge in [0, 0.05) is 10.2 Å². The second-order valence-electron chi connectivity index (χ2n) is 4.17. The molecule has 1 saturated heterocycles. The molecular formula is C9H18OSi. The zero-order valence-corrected chi connectivity index (χ0v) is 9.55. The van der Waals surface area contributed by atoms with Crippen molar-refractivity contribution in [3.63, 3.8) is 0 Å². The molecule has 0 bridgehead atoms. The molecule has 0 spiro atoms. The van der Waals surface area contributed by atoms with Crippen LogP contribution >= 0.6 is 0 Å². The van der Waals surface area contributed by atoms with E-state index in [1.807, 2.05) is 0 Å². The predicted molar refractivity (Wildman–Crippen MR) is 49.9 cm³/mol. The van der Waals surface area contributed by atoms with Crippen molar-refractivity contribution in [3.05, 3.63) is 0 Å². The number of hydrogen-bond acceptors (Lipinski definition) is 1. The van der Waals surface area contributed by atoms with Crippen molar-refractivity contribution in [1.29, 1.82) is 0 Å². The van der Waals surface area contributed by atoms with Crippen molar-refractivity contribution >= 4 is 10.2 Å². The van der Waals surface area contributed by atoms with Gasteiger partial charge in [0.2, 0.25) is 0 Å². The van der Waals surface area contributed by atoms with Gasteiger partial charge in [-0.1, -0.05) is 13.0 Å². The zero-order valence-electron chi connectivity index (χ0n) is 7.55. The van der Waals surface area contributed by atoms with Crippen molar-refractivity contribution in [1.82, 2.24) is 0 Å².